The van der Waals surface area contributed by atoms with E-state index in [0.29, 0.717) is 11.5 Å². The summed E-state index contributed by atoms with van der Waals surface area (Å²) in [6.45, 7) is 2.15. The maximum absolute atomic E-state index is 11.8. The molecule has 2 rings (SSSR count). The summed E-state index contributed by atoms with van der Waals surface area (Å²) in [7, 11) is 1.57. The Hall–Kier alpha value is -3.02. The lowest BCUT2D eigenvalue weighted by atomic mass is 10.1. The molecule has 0 aliphatic carbocycles. The summed E-state index contributed by atoms with van der Waals surface area (Å²) >= 11 is 0. The molecule has 6 heteroatoms. The van der Waals surface area contributed by atoms with Gasteiger partial charge in [-0.1, -0.05) is 11.6 Å². The molecule has 2 aromatic rings. The zero-order valence-electron chi connectivity index (χ0n) is 13.7. The van der Waals surface area contributed by atoms with Crippen molar-refractivity contribution in [3.05, 3.63) is 59.6 Å². The van der Waals surface area contributed by atoms with Crippen molar-refractivity contribution in [2.45, 2.75) is 13.5 Å². The van der Waals surface area contributed by atoms with Crippen molar-refractivity contribution in [1.29, 1.82) is 0 Å². The molecule has 6 nitrogen and oxygen atoms in total. The monoisotopic (exact) mass is 328 g/mol. The number of methoxy groups -OCH3 is 1. The smallest absolute Gasteiger partial charge is 0.244 e. The van der Waals surface area contributed by atoms with E-state index in [9.17, 15) is 9.59 Å². The molecule has 2 amide bonds. The van der Waals surface area contributed by atoms with E-state index in [1.165, 1.54) is 12.3 Å². The van der Waals surface area contributed by atoms with Crippen LogP contribution < -0.4 is 15.4 Å². The largest absolute Gasteiger partial charge is 0.496 e. The van der Waals surface area contributed by atoms with E-state index in [2.05, 4.69) is 10.6 Å². The van der Waals surface area contributed by atoms with E-state index in [1.54, 1.807) is 25.3 Å². The van der Waals surface area contributed by atoms with Crippen molar-refractivity contribution in [3.63, 3.8) is 0 Å². The Morgan fingerprint density at radius 2 is 2.08 bits per heavy atom. The highest BCUT2D eigenvalue weighted by molar-refractivity contribution is 5.94. The number of furan rings is 1. The van der Waals surface area contributed by atoms with Crippen molar-refractivity contribution in [1.82, 2.24) is 10.6 Å². The van der Waals surface area contributed by atoms with Gasteiger partial charge in [-0.2, -0.15) is 0 Å². The van der Waals surface area contributed by atoms with E-state index in [1.807, 2.05) is 25.1 Å². The lowest BCUT2D eigenvalue weighted by molar-refractivity contribution is -0.124. The standard InChI is InChI=1S/C18H20N2O4/c1-13-5-7-16(23-2)14(10-13)6-8-17(21)20-12-18(22)19-11-15-4-3-9-24-15/h3-10H,11-12H2,1-2H3,(H,19,22)(H,20,21)/b8-6+. The number of nitrogens with one attached hydrogen (secondary N) is 2. The van der Waals surface area contributed by atoms with Gasteiger partial charge in [-0.3, -0.25) is 9.59 Å². The zero-order chi connectivity index (χ0) is 17.4. The number of carbonyl (C=O) groups excluding carboxylic acids is 2. The maximum Gasteiger partial charge on any atom is 0.244 e. The Labute approximate surface area is 140 Å². The molecule has 0 saturated heterocycles. The maximum atomic E-state index is 11.8. The fourth-order valence-electron chi connectivity index (χ4n) is 2.04. The molecular weight excluding hydrogens is 308 g/mol. The van der Waals surface area contributed by atoms with Crippen molar-refractivity contribution in [3.8, 4) is 5.75 Å². The first kappa shape index (κ1) is 17.3. The summed E-state index contributed by atoms with van der Waals surface area (Å²) in [6, 6.07) is 9.19. The fourth-order valence-corrected chi connectivity index (χ4v) is 2.04. The molecule has 0 spiro atoms. The third-order valence-corrected chi connectivity index (χ3v) is 3.26. The SMILES string of the molecule is COc1ccc(C)cc1/C=C/C(=O)NCC(=O)NCc1ccco1. The molecule has 0 bridgehead atoms. The molecule has 1 heterocycles. The molecule has 0 fully saturated rings. The van der Waals surface area contributed by atoms with Gasteiger partial charge in [-0.25, -0.2) is 0 Å². The van der Waals surface area contributed by atoms with Crippen LogP contribution in [0.4, 0.5) is 0 Å². The minimum absolute atomic E-state index is 0.102. The molecule has 0 aliphatic heterocycles. The predicted octanol–water partition coefficient (Wildman–Crippen LogP) is 2.04. The molecule has 2 N–H and O–H groups in total. The topological polar surface area (TPSA) is 80.6 Å². The summed E-state index contributed by atoms with van der Waals surface area (Å²) in [6.07, 6.45) is 4.56. The van der Waals surface area contributed by atoms with Gasteiger partial charge >= 0.3 is 0 Å². The van der Waals surface area contributed by atoms with Crippen LogP contribution in [0.5, 0.6) is 5.75 Å². The Kier molecular flexibility index (Phi) is 6.19. The zero-order valence-corrected chi connectivity index (χ0v) is 13.7. The van der Waals surface area contributed by atoms with E-state index >= 15 is 0 Å². The van der Waals surface area contributed by atoms with Crippen LogP contribution in [0.15, 0.2) is 47.1 Å². The highest BCUT2D eigenvalue weighted by Gasteiger charge is 2.05. The van der Waals surface area contributed by atoms with Crippen LogP contribution in [0.3, 0.4) is 0 Å². The van der Waals surface area contributed by atoms with Crippen LogP contribution in [-0.4, -0.2) is 25.5 Å². The Morgan fingerprint density at radius 1 is 1.25 bits per heavy atom. The number of hydrogen-bond donors (Lipinski definition) is 2. The lowest BCUT2D eigenvalue weighted by Crippen LogP contribution is -2.35. The van der Waals surface area contributed by atoms with Gasteiger partial charge in [0, 0.05) is 11.6 Å². The molecular formula is C18H20N2O4. The van der Waals surface area contributed by atoms with E-state index in [-0.39, 0.29) is 24.9 Å². The second kappa shape index (κ2) is 8.57. The number of hydrogen-bond acceptors (Lipinski definition) is 4. The number of aryl methyl sites for hydroxylation is 1. The highest BCUT2D eigenvalue weighted by atomic mass is 16.5. The number of amides is 2. The van der Waals surface area contributed by atoms with Gasteiger partial charge in [0.1, 0.15) is 11.5 Å². The van der Waals surface area contributed by atoms with Gasteiger partial charge < -0.3 is 19.8 Å². The summed E-state index contributed by atoms with van der Waals surface area (Å²) in [4.78, 5) is 23.5. The summed E-state index contributed by atoms with van der Waals surface area (Å²) in [5.41, 5.74) is 1.86. The molecule has 1 aromatic heterocycles. The molecule has 0 saturated carbocycles. The van der Waals surface area contributed by atoms with E-state index in [0.717, 1.165) is 11.1 Å². The van der Waals surface area contributed by atoms with Gasteiger partial charge in [-0.15, -0.1) is 0 Å². The summed E-state index contributed by atoms with van der Waals surface area (Å²) in [5.74, 6) is 0.690. The first-order valence-electron chi connectivity index (χ1n) is 7.48. The number of ether oxygens (including phenoxy) is 1. The summed E-state index contributed by atoms with van der Waals surface area (Å²) in [5, 5.41) is 5.17. The molecule has 0 aliphatic rings. The van der Waals surface area contributed by atoms with Gasteiger partial charge in [0.15, 0.2) is 0 Å². The Balaban J connectivity index is 1.80. The van der Waals surface area contributed by atoms with Gasteiger partial charge in [0.05, 0.1) is 26.5 Å². The van der Waals surface area contributed by atoms with Gasteiger partial charge in [-0.05, 0) is 37.3 Å². The number of carbonyl (C=O) groups is 2. The van der Waals surface area contributed by atoms with Crippen LogP contribution in [0, 0.1) is 6.92 Å². The predicted molar refractivity (Wildman–Crippen MR) is 90.3 cm³/mol. The molecule has 24 heavy (non-hydrogen) atoms. The summed E-state index contributed by atoms with van der Waals surface area (Å²) < 4.78 is 10.3. The van der Waals surface area contributed by atoms with Crippen molar-refractivity contribution in [2.75, 3.05) is 13.7 Å². The van der Waals surface area contributed by atoms with Crippen LogP contribution >= 0.6 is 0 Å². The normalized spacial score (nSPS) is 10.6. The molecule has 0 radical (unpaired) electrons. The number of benzene rings is 1. The second-order valence-electron chi connectivity index (χ2n) is 5.15. The molecule has 1 aromatic carbocycles. The van der Waals surface area contributed by atoms with E-state index in [4.69, 9.17) is 9.15 Å². The van der Waals surface area contributed by atoms with Crippen LogP contribution in [0.1, 0.15) is 16.9 Å². The molecule has 0 unspecified atom stereocenters. The van der Waals surface area contributed by atoms with Gasteiger partial charge in [0.25, 0.3) is 0 Å². The minimum atomic E-state index is -0.355. The van der Waals surface area contributed by atoms with Crippen molar-refractivity contribution in [2.24, 2.45) is 0 Å². The molecule has 126 valence electrons. The lowest BCUT2D eigenvalue weighted by Gasteiger charge is -2.06. The van der Waals surface area contributed by atoms with Crippen LogP contribution in [0.2, 0.25) is 0 Å². The van der Waals surface area contributed by atoms with Crippen molar-refractivity contribution < 1.29 is 18.7 Å². The Morgan fingerprint density at radius 3 is 2.79 bits per heavy atom. The van der Waals surface area contributed by atoms with Crippen LogP contribution in [0.25, 0.3) is 6.08 Å². The van der Waals surface area contributed by atoms with Gasteiger partial charge in [0.2, 0.25) is 11.8 Å². The van der Waals surface area contributed by atoms with Crippen LogP contribution in [-0.2, 0) is 16.1 Å². The first-order chi connectivity index (χ1) is 11.6. The second-order valence-corrected chi connectivity index (χ2v) is 5.15. The molecule has 0 atom stereocenters. The highest BCUT2D eigenvalue weighted by Crippen LogP contribution is 2.20. The minimum Gasteiger partial charge on any atom is -0.496 e. The average Bonchev–Trinajstić information content (AvgIpc) is 3.10. The third kappa shape index (κ3) is 5.31. The fraction of sp³-hybridized carbons (Fsp3) is 0.222. The number of rotatable bonds is 7. The first-order valence-corrected chi connectivity index (χ1v) is 7.48. The third-order valence-electron chi connectivity index (χ3n) is 3.26. The average molecular weight is 328 g/mol. The van der Waals surface area contributed by atoms with E-state index < -0.39 is 0 Å². The quantitative estimate of drug-likeness (QED) is 0.762. The Bertz CT molecular complexity index is 721. The van der Waals surface area contributed by atoms with Crippen molar-refractivity contribution >= 4 is 17.9 Å².